The van der Waals surface area contributed by atoms with Gasteiger partial charge in [0.1, 0.15) is 17.5 Å². The standard InChI is InChI=1S/C25H23N3O6S/c1-2-34-18-9-11-19(12-10-18)35(32,33)22(17-6-5-13-26-14-17)15-27-23(29)16-28-24(30)20-7-3-4-8-21(20)25(28)31/h3-14,22H,2,15-16H2,1H3,(H,27,29). The second kappa shape index (κ2) is 10.1. The number of amides is 3. The first-order valence-electron chi connectivity index (χ1n) is 10.9. The van der Waals surface area contributed by atoms with Crippen molar-refractivity contribution < 1.29 is 27.5 Å². The molecule has 2 aromatic carbocycles. The van der Waals surface area contributed by atoms with Gasteiger partial charge in [0.05, 0.1) is 22.6 Å². The SMILES string of the molecule is CCOc1ccc(S(=O)(=O)C(CNC(=O)CN2C(=O)c3ccccc3C2=O)c2cccnc2)cc1. The van der Waals surface area contributed by atoms with E-state index in [1.165, 1.54) is 36.7 Å². The molecule has 1 unspecified atom stereocenters. The molecule has 0 bridgehead atoms. The van der Waals surface area contributed by atoms with E-state index in [1.807, 2.05) is 6.92 Å². The number of imide groups is 1. The highest BCUT2D eigenvalue weighted by Crippen LogP contribution is 2.29. The molecule has 3 amide bonds. The number of hydrogen-bond donors (Lipinski definition) is 1. The molecule has 0 saturated carbocycles. The summed E-state index contributed by atoms with van der Waals surface area (Å²) in [4.78, 5) is 42.7. The van der Waals surface area contributed by atoms with Crippen LogP contribution in [0.4, 0.5) is 0 Å². The van der Waals surface area contributed by atoms with Crippen molar-refractivity contribution in [3.63, 3.8) is 0 Å². The zero-order valence-electron chi connectivity index (χ0n) is 18.9. The van der Waals surface area contributed by atoms with E-state index in [2.05, 4.69) is 10.3 Å². The minimum atomic E-state index is -3.93. The quantitative estimate of drug-likeness (QED) is 0.454. The van der Waals surface area contributed by atoms with Gasteiger partial charge in [0.15, 0.2) is 9.84 Å². The van der Waals surface area contributed by atoms with E-state index in [9.17, 15) is 22.8 Å². The van der Waals surface area contributed by atoms with Gasteiger partial charge in [-0.25, -0.2) is 8.42 Å². The molecule has 0 saturated heterocycles. The molecule has 4 rings (SSSR count). The Morgan fingerprint density at radius 1 is 1.00 bits per heavy atom. The summed E-state index contributed by atoms with van der Waals surface area (Å²) in [6.45, 7) is 1.48. The minimum Gasteiger partial charge on any atom is -0.494 e. The third-order valence-electron chi connectivity index (χ3n) is 5.56. The van der Waals surface area contributed by atoms with Crippen LogP contribution in [0.25, 0.3) is 0 Å². The van der Waals surface area contributed by atoms with Crippen LogP contribution in [0.15, 0.2) is 78.0 Å². The van der Waals surface area contributed by atoms with Crippen molar-refractivity contribution in [1.29, 1.82) is 0 Å². The Kier molecular flexibility index (Phi) is 6.92. The number of ether oxygens (including phenoxy) is 1. The van der Waals surface area contributed by atoms with Crippen molar-refractivity contribution in [2.45, 2.75) is 17.1 Å². The number of carbonyl (C=O) groups excluding carboxylic acids is 3. The lowest BCUT2D eigenvalue weighted by Crippen LogP contribution is -2.42. The van der Waals surface area contributed by atoms with Crippen LogP contribution in [0.1, 0.15) is 38.5 Å². The molecule has 9 nitrogen and oxygen atoms in total. The minimum absolute atomic E-state index is 0.0596. The van der Waals surface area contributed by atoms with Crippen molar-refractivity contribution in [1.82, 2.24) is 15.2 Å². The number of sulfone groups is 1. The van der Waals surface area contributed by atoms with E-state index in [0.717, 1.165) is 4.90 Å². The number of benzene rings is 2. The molecule has 0 aliphatic carbocycles. The number of nitrogens with one attached hydrogen (secondary N) is 1. The Bertz CT molecular complexity index is 1320. The average molecular weight is 494 g/mol. The predicted molar refractivity (Wildman–Crippen MR) is 127 cm³/mol. The van der Waals surface area contributed by atoms with Gasteiger partial charge in [-0.2, -0.15) is 0 Å². The Hall–Kier alpha value is -4.05. The molecule has 10 heteroatoms. The third kappa shape index (κ3) is 4.92. The Balaban J connectivity index is 1.51. The highest BCUT2D eigenvalue weighted by atomic mass is 32.2. The molecular weight excluding hydrogens is 470 g/mol. The van der Waals surface area contributed by atoms with E-state index < -0.39 is 39.4 Å². The van der Waals surface area contributed by atoms with Gasteiger partial charge in [-0.1, -0.05) is 18.2 Å². The molecule has 3 aromatic rings. The van der Waals surface area contributed by atoms with E-state index in [4.69, 9.17) is 4.74 Å². The second-order valence-electron chi connectivity index (χ2n) is 7.77. The zero-order valence-corrected chi connectivity index (χ0v) is 19.7. The predicted octanol–water partition coefficient (Wildman–Crippen LogP) is 2.41. The van der Waals surface area contributed by atoms with E-state index >= 15 is 0 Å². The number of nitrogens with zero attached hydrogens (tertiary/aromatic N) is 2. The average Bonchev–Trinajstić information content (AvgIpc) is 3.10. The lowest BCUT2D eigenvalue weighted by molar-refractivity contribution is -0.121. The number of pyridine rings is 1. The number of hydrogen-bond acceptors (Lipinski definition) is 7. The molecular formula is C25H23N3O6S. The Morgan fingerprint density at radius 2 is 1.66 bits per heavy atom. The highest BCUT2D eigenvalue weighted by Gasteiger charge is 2.37. The number of aromatic nitrogens is 1. The molecule has 1 N–H and O–H groups in total. The van der Waals surface area contributed by atoms with E-state index in [0.29, 0.717) is 17.9 Å². The van der Waals surface area contributed by atoms with Crippen LogP contribution in [0.3, 0.4) is 0 Å². The van der Waals surface area contributed by atoms with Crippen molar-refractivity contribution in [3.8, 4) is 5.75 Å². The molecule has 0 radical (unpaired) electrons. The first kappa shape index (κ1) is 24.1. The van der Waals surface area contributed by atoms with Crippen LogP contribution in [0, 0.1) is 0 Å². The summed E-state index contributed by atoms with van der Waals surface area (Å²) in [5.74, 6) is -1.24. The topological polar surface area (TPSA) is 123 Å². The lowest BCUT2D eigenvalue weighted by Gasteiger charge is -2.20. The van der Waals surface area contributed by atoms with Crippen LogP contribution in [0.5, 0.6) is 5.75 Å². The first-order chi connectivity index (χ1) is 16.8. The maximum absolute atomic E-state index is 13.5. The van der Waals surface area contributed by atoms with Gasteiger partial charge >= 0.3 is 0 Å². The van der Waals surface area contributed by atoms with Crippen molar-refractivity contribution in [3.05, 3.63) is 89.7 Å². The van der Waals surface area contributed by atoms with Crippen molar-refractivity contribution >= 4 is 27.6 Å². The smallest absolute Gasteiger partial charge is 0.262 e. The van der Waals surface area contributed by atoms with Crippen LogP contribution in [0.2, 0.25) is 0 Å². The molecule has 1 aromatic heterocycles. The Labute approximate surface area is 202 Å². The number of rotatable bonds is 9. The molecule has 0 spiro atoms. The molecule has 1 aliphatic rings. The first-order valence-corrected chi connectivity index (χ1v) is 12.5. The summed E-state index contributed by atoms with van der Waals surface area (Å²) >= 11 is 0. The number of fused-ring (bicyclic) bond motifs is 1. The van der Waals surface area contributed by atoms with Gasteiger partial charge in [-0.15, -0.1) is 0 Å². The monoisotopic (exact) mass is 493 g/mol. The van der Waals surface area contributed by atoms with Crippen molar-refractivity contribution in [2.24, 2.45) is 0 Å². The summed E-state index contributed by atoms with van der Waals surface area (Å²) in [7, 11) is -3.93. The fourth-order valence-corrected chi connectivity index (χ4v) is 5.46. The van der Waals surface area contributed by atoms with Gasteiger partial charge in [0, 0.05) is 18.9 Å². The molecule has 180 valence electrons. The summed E-state index contributed by atoms with van der Waals surface area (Å²) in [6, 6.07) is 15.6. The van der Waals surface area contributed by atoms with E-state index in [1.54, 1.807) is 36.4 Å². The van der Waals surface area contributed by atoms with Crippen LogP contribution in [-0.4, -0.2) is 55.7 Å². The highest BCUT2D eigenvalue weighted by molar-refractivity contribution is 7.91. The van der Waals surface area contributed by atoms with Gasteiger partial charge in [0.25, 0.3) is 11.8 Å². The summed E-state index contributed by atoms with van der Waals surface area (Å²) in [5.41, 5.74) is 0.857. The molecule has 35 heavy (non-hydrogen) atoms. The molecule has 2 heterocycles. The maximum atomic E-state index is 13.5. The maximum Gasteiger partial charge on any atom is 0.262 e. The van der Waals surface area contributed by atoms with E-state index in [-0.39, 0.29) is 22.6 Å². The summed E-state index contributed by atoms with van der Waals surface area (Å²) < 4.78 is 32.3. The molecule has 0 fully saturated rings. The zero-order chi connectivity index (χ0) is 25.0. The van der Waals surface area contributed by atoms with Crippen molar-refractivity contribution in [2.75, 3.05) is 19.7 Å². The van der Waals surface area contributed by atoms with Crippen LogP contribution >= 0.6 is 0 Å². The molecule has 1 atom stereocenters. The van der Waals surface area contributed by atoms with Crippen LogP contribution < -0.4 is 10.1 Å². The molecule has 1 aliphatic heterocycles. The van der Waals surface area contributed by atoms with Gasteiger partial charge < -0.3 is 10.1 Å². The third-order valence-corrected chi connectivity index (χ3v) is 7.68. The van der Waals surface area contributed by atoms with Gasteiger partial charge in [-0.3, -0.25) is 24.3 Å². The van der Waals surface area contributed by atoms with Gasteiger partial charge in [0.2, 0.25) is 5.91 Å². The van der Waals surface area contributed by atoms with Gasteiger partial charge in [-0.05, 0) is 55.0 Å². The summed E-state index contributed by atoms with van der Waals surface area (Å²) in [6.07, 6.45) is 2.94. The normalized spacial score (nSPS) is 13.9. The van der Waals surface area contributed by atoms with Crippen LogP contribution in [-0.2, 0) is 14.6 Å². The largest absolute Gasteiger partial charge is 0.494 e. The Morgan fingerprint density at radius 3 is 2.23 bits per heavy atom. The second-order valence-corrected chi connectivity index (χ2v) is 9.90. The fourth-order valence-electron chi connectivity index (χ4n) is 3.82. The lowest BCUT2D eigenvalue weighted by atomic mass is 10.1. The number of carbonyl (C=O) groups is 3. The summed E-state index contributed by atoms with van der Waals surface area (Å²) in [5, 5.41) is 1.43. The fraction of sp³-hybridized carbons (Fsp3) is 0.200.